The van der Waals surface area contributed by atoms with Crippen LogP contribution in [0.3, 0.4) is 0 Å². The minimum absolute atomic E-state index is 0.667. The Hall–Kier alpha value is -0.880. The van der Waals surface area contributed by atoms with Crippen molar-refractivity contribution in [2.24, 2.45) is 0 Å². The minimum atomic E-state index is -2.22. The molecule has 0 amide bonds. The van der Waals surface area contributed by atoms with Gasteiger partial charge in [0.1, 0.15) is 98.2 Å². The van der Waals surface area contributed by atoms with Crippen molar-refractivity contribution in [3.8, 4) is 0 Å². The highest BCUT2D eigenvalue weighted by molar-refractivity contribution is 4.98. The summed E-state index contributed by atoms with van der Waals surface area (Å²) < 4.78 is 30.7. The summed E-state index contributed by atoms with van der Waals surface area (Å²) in [6.07, 6.45) is -28.2. The van der Waals surface area contributed by atoms with Crippen molar-refractivity contribution in [1.29, 1.82) is 0 Å². The smallest absolute Gasteiger partial charge is 0.224 e. The predicted molar refractivity (Wildman–Crippen MR) is 137 cm³/mol. The van der Waals surface area contributed by atoms with Crippen LogP contribution < -0.4 is 0 Å². The van der Waals surface area contributed by atoms with Crippen LogP contribution >= 0.6 is 0 Å². The lowest BCUT2D eigenvalue weighted by Crippen LogP contribution is -2.64. The molecule has 0 spiro atoms. The van der Waals surface area contributed by atoms with Crippen LogP contribution in [0, 0.1) is 0 Å². The molecule has 0 saturated carbocycles. The second kappa shape index (κ2) is 16.7. The number of aliphatic hydroxyl groups is 16. The van der Waals surface area contributed by atoms with E-state index >= 15 is 0 Å². The van der Waals surface area contributed by atoms with Gasteiger partial charge >= 0.3 is 0 Å². The molecule has 4 aliphatic heterocycles. The maximum Gasteiger partial charge on any atom is 0.224 e. The van der Waals surface area contributed by atoms with Gasteiger partial charge < -0.3 is 110 Å². The van der Waals surface area contributed by atoms with Crippen molar-refractivity contribution in [2.75, 3.05) is 33.0 Å². The van der Waals surface area contributed by atoms with Gasteiger partial charge in [0.25, 0.3) is 0 Å². The summed E-state index contributed by atoms with van der Waals surface area (Å²) in [4.78, 5) is 0. The van der Waals surface area contributed by atoms with Crippen LogP contribution in [-0.4, -0.2) is 231 Å². The van der Waals surface area contributed by atoms with Crippen LogP contribution in [0.5, 0.6) is 0 Å². The fourth-order valence-electron chi connectivity index (χ4n) is 5.20. The first kappa shape index (κ1) is 39.6. The normalized spacial score (nSPS) is 51.4. The molecular weight excluding hydrogens is 640 g/mol. The number of rotatable bonds is 9. The Labute approximate surface area is 260 Å². The van der Waals surface area contributed by atoms with E-state index in [0.717, 1.165) is 0 Å². The average Bonchev–Trinajstić information content (AvgIpc) is 3.30. The molecule has 4 rings (SSSR count). The SMILES string of the molecule is OC[C@H]1O[C@@H](O[C@H]2[C@H](O)[C@@H](O)[C@H](O)O[C@@H]2CO)[C@H](O)[C@@H](O)[C@H]1O.OC[C@H]1O[C@](CO)(O[C@H]2O[C@H](CO)[C@@H](O)[C@H](O)[C@H]2O)[C@@H](O)[C@@H]1O. The number of hydrogen-bond acceptors (Lipinski definition) is 22. The molecular formula is C24H44O22. The van der Waals surface area contributed by atoms with Gasteiger partial charge in [0, 0.05) is 0 Å². The standard InChI is InChI=1S/2C12H22O11/c13-1-4-6(16)8(18)9(19)11(21-4)23-12(3-15)10(20)7(17)5(2-14)22-12;13-1-3-5(15)6(16)9(19)12(22-3)23-10-4(2-14)21-11(20)8(18)7(10)17/h4-11,13-20H,1-3H2;3-20H,1-2H2/t4-,5-,6-,7-,8+,9-,10+,11-,12-;3-,4-,5+,6+,7-,8-,9-,10-,11-,12+/m11/s1. The average molecular weight is 685 g/mol. The van der Waals surface area contributed by atoms with Gasteiger partial charge in [-0.1, -0.05) is 0 Å². The second-order valence-electron chi connectivity index (χ2n) is 11.1. The first-order valence-corrected chi connectivity index (χ1v) is 14.1. The molecule has 22 heteroatoms. The minimum Gasteiger partial charge on any atom is -0.394 e. The summed E-state index contributed by atoms with van der Waals surface area (Å²) in [7, 11) is 0. The van der Waals surface area contributed by atoms with Crippen LogP contribution in [0.25, 0.3) is 0 Å². The van der Waals surface area contributed by atoms with Gasteiger partial charge in [-0.05, 0) is 0 Å². The van der Waals surface area contributed by atoms with Crippen LogP contribution in [-0.2, 0) is 28.4 Å². The molecule has 16 N–H and O–H groups in total. The highest BCUT2D eigenvalue weighted by Gasteiger charge is 2.58. The highest BCUT2D eigenvalue weighted by Crippen LogP contribution is 2.36. The summed E-state index contributed by atoms with van der Waals surface area (Å²) in [5, 5.41) is 153. The molecule has 0 aromatic carbocycles. The van der Waals surface area contributed by atoms with E-state index in [0.29, 0.717) is 0 Å². The van der Waals surface area contributed by atoms with E-state index in [2.05, 4.69) is 0 Å². The Morgan fingerprint density at radius 1 is 0.457 bits per heavy atom. The van der Waals surface area contributed by atoms with Gasteiger partial charge in [-0.25, -0.2) is 0 Å². The fourth-order valence-corrected chi connectivity index (χ4v) is 5.20. The van der Waals surface area contributed by atoms with Crippen LogP contribution in [0.4, 0.5) is 0 Å². The monoisotopic (exact) mass is 684 g/mol. The van der Waals surface area contributed by atoms with Gasteiger partial charge in [0.2, 0.25) is 5.79 Å². The van der Waals surface area contributed by atoms with E-state index in [-0.39, 0.29) is 0 Å². The van der Waals surface area contributed by atoms with Gasteiger partial charge in [0.15, 0.2) is 18.9 Å². The van der Waals surface area contributed by atoms with E-state index in [4.69, 9.17) is 43.7 Å². The Morgan fingerprint density at radius 3 is 1.39 bits per heavy atom. The number of ether oxygens (including phenoxy) is 6. The third-order valence-corrected chi connectivity index (χ3v) is 8.05. The molecule has 0 aliphatic carbocycles. The zero-order valence-corrected chi connectivity index (χ0v) is 24.0. The summed E-state index contributed by atoms with van der Waals surface area (Å²) in [5.74, 6) is -2.22. The molecule has 272 valence electrons. The molecule has 22 nitrogen and oxygen atoms in total. The largest absolute Gasteiger partial charge is 0.394 e. The van der Waals surface area contributed by atoms with E-state index in [1.54, 1.807) is 0 Å². The molecule has 4 saturated heterocycles. The first-order valence-electron chi connectivity index (χ1n) is 14.1. The van der Waals surface area contributed by atoms with E-state index < -0.39 is 149 Å². The number of hydrogen-bond donors (Lipinski definition) is 16. The molecule has 4 aliphatic rings. The highest BCUT2D eigenvalue weighted by atomic mass is 16.8. The first-order chi connectivity index (χ1) is 21.6. The van der Waals surface area contributed by atoms with Crippen molar-refractivity contribution in [2.45, 2.75) is 116 Å². The maximum absolute atomic E-state index is 10.00. The Kier molecular flexibility index (Phi) is 14.3. The van der Waals surface area contributed by atoms with Crippen molar-refractivity contribution >= 4 is 0 Å². The number of aliphatic hydroxyl groups excluding tert-OH is 16. The van der Waals surface area contributed by atoms with Gasteiger partial charge in [-0.3, -0.25) is 0 Å². The zero-order chi connectivity index (χ0) is 34.7. The molecule has 0 aromatic heterocycles. The third-order valence-electron chi connectivity index (χ3n) is 8.05. The van der Waals surface area contributed by atoms with Gasteiger partial charge in [0.05, 0.1) is 26.4 Å². The molecule has 0 aromatic rings. The lowest BCUT2D eigenvalue weighted by molar-refractivity contribution is -0.383. The molecule has 46 heavy (non-hydrogen) atoms. The van der Waals surface area contributed by atoms with Crippen LogP contribution in [0.2, 0.25) is 0 Å². The molecule has 19 atom stereocenters. The molecule has 4 heterocycles. The Balaban J connectivity index is 0.000000250. The lowest BCUT2D eigenvalue weighted by Gasteiger charge is -2.45. The fraction of sp³-hybridized carbons (Fsp3) is 1.00. The summed E-state index contributed by atoms with van der Waals surface area (Å²) in [5.41, 5.74) is 0. The van der Waals surface area contributed by atoms with E-state index in [1.165, 1.54) is 0 Å². The molecule has 0 bridgehead atoms. The topological polar surface area (TPSA) is 379 Å². The Morgan fingerprint density at radius 2 is 0.935 bits per heavy atom. The van der Waals surface area contributed by atoms with Gasteiger partial charge in [-0.2, -0.15) is 0 Å². The van der Waals surface area contributed by atoms with Crippen molar-refractivity contribution < 1.29 is 110 Å². The van der Waals surface area contributed by atoms with Crippen molar-refractivity contribution in [1.82, 2.24) is 0 Å². The maximum atomic E-state index is 10.00. The van der Waals surface area contributed by atoms with E-state index in [1.807, 2.05) is 0 Å². The quantitative estimate of drug-likeness (QED) is 0.107. The lowest BCUT2D eigenvalue weighted by atomic mass is 9.97. The zero-order valence-electron chi connectivity index (χ0n) is 24.0. The summed E-state index contributed by atoms with van der Waals surface area (Å²) in [6.45, 7) is -3.67. The van der Waals surface area contributed by atoms with Crippen molar-refractivity contribution in [3.63, 3.8) is 0 Å². The molecule has 0 radical (unpaired) electrons. The second-order valence-corrected chi connectivity index (χ2v) is 11.1. The molecule has 0 unspecified atom stereocenters. The summed E-state index contributed by atoms with van der Waals surface area (Å²) >= 11 is 0. The Bertz CT molecular complexity index is 913. The van der Waals surface area contributed by atoms with Gasteiger partial charge in [-0.15, -0.1) is 0 Å². The predicted octanol–water partition coefficient (Wildman–Crippen LogP) is -10.8. The van der Waals surface area contributed by atoms with Crippen molar-refractivity contribution in [3.05, 3.63) is 0 Å². The van der Waals surface area contributed by atoms with Crippen LogP contribution in [0.1, 0.15) is 0 Å². The van der Waals surface area contributed by atoms with E-state index in [9.17, 15) is 66.4 Å². The third kappa shape index (κ3) is 7.95. The summed E-state index contributed by atoms with van der Waals surface area (Å²) in [6, 6.07) is 0. The molecule has 4 fully saturated rings. The van der Waals surface area contributed by atoms with Crippen LogP contribution in [0.15, 0.2) is 0 Å².